The first-order valence-corrected chi connectivity index (χ1v) is 10.2. The van der Waals surface area contributed by atoms with Gasteiger partial charge in [-0.1, -0.05) is 5.16 Å². The van der Waals surface area contributed by atoms with Crippen molar-refractivity contribution in [3.8, 4) is 0 Å². The molecule has 2 aliphatic heterocycles. The number of piperidine rings is 1. The number of carbonyl (C=O) groups is 1. The molecule has 3 rings (SSSR count). The summed E-state index contributed by atoms with van der Waals surface area (Å²) in [6.07, 6.45) is 1.11. The molecule has 0 aromatic carbocycles. The molecule has 0 aliphatic carbocycles. The van der Waals surface area contributed by atoms with Crippen LogP contribution >= 0.6 is 12.4 Å². The Hall–Kier alpha value is -1.16. The Labute approximate surface area is 160 Å². The maximum atomic E-state index is 12.8. The average Bonchev–Trinajstić information content (AvgIpc) is 2.94. The minimum absolute atomic E-state index is 0. The van der Waals surface area contributed by atoms with Crippen LogP contribution in [0.3, 0.4) is 0 Å². The minimum atomic E-state index is -3.62. The fourth-order valence-electron chi connectivity index (χ4n) is 3.72. The van der Waals surface area contributed by atoms with E-state index in [1.165, 1.54) is 4.31 Å². The molecule has 2 saturated heterocycles. The molecule has 148 valence electrons. The summed E-state index contributed by atoms with van der Waals surface area (Å²) in [5.41, 5.74) is 0.380. The number of amides is 1. The second kappa shape index (κ2) is 8.24. The molecule has 2 fully saturated rings. The van der Waals surface area contributed by atoms with Gasteiger partial charge in [0, 0.05) is 44.7 Å². The number of hydrogen-bond donors (Lipinski definition) is 1. The first-order valence-electron chi connectivity index (χ1n) is 8.76. The van der Waals surface area contributed by atoms with Gasteiger partial charge in [-0.15, -0.1) is 12.4 Å². The normalized spacial score (nSPS) is 22.9. The van der Waals surface area contributed by atoms with Crippen LogP contribution in [-0.4, -0.2) is 67.5 Å². The van der Waals surface area contributed by atoms with E-state index in [1.54, 1.807) is 13.8 Å². The molecule has 0 spiro atoms. The van der Waals surface area contributed by atoms with Gasteiger partial charge in [0.2, 0.25) is 15.9 Å². The second-order valence-corrected chi connectivity index (χ2v) is 8.79. The second-order valence-electron chi connectivity index (χ2n) is 6.92. The van der Waals surface area contributed by atoms with Crippen LogP contribution in [-0.2, 0) is 14.8 Å². The van der Waals surface area contributed by atoms with E-state index in [0.717, 1.165) is 19.6 Å². The maximum Gasteiger partial charge on any atom is 0.248 e. The van der Waals surface area contributed by atoms with Crippen molar-refractivity contribution in [2.75, 3.05) is 32.7 Å². The SMILES string of the molecule is Cc1noc(C)c1S(=O)(=O)N1CCC(C(=O)N2CCNC[C@@H]2C)CC1.Cl. The fourth-order valence-corrected chi connectivity index (χ4v) is 5.48. The summed E-state index contributed by atoms with van der Waals surface area (Å²) in [6.45, 7) is 8.33. The molecule has 2 aliphatic rings. The standard InChI is InChI=1S/C16H26N4O4S.ClH/c1-11-10-17-6-9-20(11)16(21)14-4-7-19(8-5-14)25(22,23)15-12(2)18-24-13(15)3;/h11,14,17H,4-10H2,1-3H3;1H/t11-;/m0./s1. The summed E-state index contributed by atoms with van der Waals surface area (Å²) in [5, 5.41) is 7.02. The highest BCUT2D eigenvalue weighted by Gasteiger charge is 2.37. The number of rotatable bonds is 3. The Kier molecular flexibility index (Phi) is 6.70. The number of hydrogen-bond acceptors (Lipinski definition) is 6. The monoisotopic (exact) mass is 406 g/mol. The van der Waals surface area contributed by atoms with Gasteiger partial charge >= 0.3 is 0 Å². The summed E-state index contributed by atoms with van der Waals surface area (Å²) in [6, 6.07) is 0.185. The van der Waals surface area contributed by atoms with Gasteiger partial charge in [-0.2, -0.15) is 4.31 Å². The third kappa shape index (κ3) is 3.90. The number of nitrogens with one attached hydrogen (secondary N) is 1. The number of sulfonamides is 1. The zero-order valence-corrected chi connectivity index (χ0v) is 17.0. The van der Waals surface area contributed by atoms with Crippen LogP contribution in [0.15, 0.2) is 9.42 Å². The van der Waals surface area contributed by atoms with E-state index in [9.17, 15) is 13.2 Å². The Morgan fingerprint density at radius 1 is 1.23 bits per heavy atom. The summed E-state index contributed by atoms with van der Waals surface area (Å²) in [5.74, 6) is 0.366. The van der Waals surface area contributed by atoms with Crippen LogP contribution in [0.2, 0.25) is 0 Å². The third-order valence-corrected chi connectivity index (χ3v) is 7.30. The molecule has 0 saturated carbocycles. The Bertz CT molecular complexity index is 724. The van der Waals surface area contributed by atoms with Crippen LogP contribution in [0, 0.1) is 19.8 Å². The van der Waals surface area contributed by atoms with Crippen LogP contribution in [0.5, 0.6) is 0 Å². The molecule has 1 aromatic rings. The predicted octanol–water partition coefficient (Wildman–Crippen LogP) is 0.934. The fraction of sp³-hybridized carbons (Fsp3) is 0.750. The number of nitrogens with zero attached hydrogens (tertiary/aromatic N) is 3. The highest BCUT2D eigenvalue weighted by atomic mass is 35.5. The molecule has 1 N–H and O–H groups in total. The molecular weight excluding hydrogens is 380 g/mol. The van der Waals surface area contributed by atoms with Gasteiger partial charge in [0.15, 0.2) is 5.76 Å². The van der Waals surface area contributed by atoms with Gasteiger partial charge in [0.25, 0.3) is 0 Å². The third-order valence-electron chi connectivity index (χ3n) is 5.15. The van der Waals surface area contributed by atoms with Crippen molar-refractivity contribution in [3.05, 3.63) is 11.5 Å². The summed E-state index contributed by atoms with van der Waals surface area (Å²) >= 11 is 0. The van der Waals surface area contributed by atoms with E-state index >= 15 is 0 Å². The molecule has 3 heterocycles. The lowest BCUT2D eigenvalue weighted by Crippen LogP contribution is -2.55. The van der Waals surface area contributed by atoms with E-state index in [4.69, 9.17) is 4.52 Å². The van der Waals surface area contributed by atoms with Crippen LogP contribution in [0.4, 0.5) is 0 Å². The van der Waals surface area contributed by atoms with Crippen molar-refractivity contribution in [2.24, 2.45) is 5.92 Å². The molecule has 26 heavy (non-hydrogen) atoms. The smallest absolute Gasteiger partial charge is 0.248 e. The first-order chi connectivity index (χ1) is 11.8. The average molecular weight is 407 g/mol. The topological polar surface area (TPSA) is 95.8 Å². The lowest BCUT2D eigenvalue weighted by Gasteiger charge is -2.38. The van der Waals surface area contributed by atoms with Gasteiger partial charge < -0.3 is 14.7 Å². The predicted molar refractivity (Wildman–Crippen MR) is 98.8 cm³/mol. The molecule has 10 heteroatoms. The number of aryl methyl sites for hydroxylation is 2. The molecule has 1 atom stereocenters. The van der Waals surface area contributed by atoms with Crippen LogP contribution in [0.25, 0.3) is 0 Å². The molecule has 1 aromatic heterocycles. The molecule has 0 unspecified atom stereocenters. The van der Waals surface area contributed by atoms with Crippen molar-refractivity contribution < 1.29 is 17.7 Å². The summed E-state index contributed by atoms with van der Waals surface area (Å²) in [4.78, 5) is 14.9. The zero-order valence-electron chi connectivity index (χ0n) is 15.4. The quantitative estimate of drug-likeness (QED) is 0.802. The molecule has 0 bridgehead atoms. The largest absolute Gasteiger partial charge is 0.360 e. The van der Waals surface area contributed by atoms with Crippen molar-refractivity contribution in [3.63, 3.8) is 0 Å². The van der Waals surface area contributed by atoms with Crippen molar-refractivity contribution in [2.45, 2.75) is 44.6 Å². The lowest BCUT2D eigenvalue weighted by atomic mass is 9.95. The van der Waals surface area contributed by atoms with E-state index in [0.29, 0.717) is 37.4 Å². The van der Waals surface area contributed by atoms with Gasteiger partial charge in [-0.25, -0.2) is 8.42 Å². The maximum absolute atomic E-state index is 12.8. The van der Waals surface area contributed by atoms with Crippen molar-refractivity contribution in [1.82, 2.24) is 19.7 Å². The minimum Gasteiger partial charge on any atom is -0.360 e. The van der Waals surface area contributed by atoms with E-state index < -0.39 is 10.0 Å². The molecule has 0 radical (unpaired) electrons. The highest BCUT2D eigenvalue weighted by molar-refractivity contribution is 7.89. The first kappa shape index (κ1) is 21.1. The van der Waals surface area contributed by atoms with Gasteiger partial charge in [-0.05, 0) is 33.6 Å². The summed E-state index contributed by atoms with van der Waals surface area (Å²) < 4.78 is 32.1. The number of halogens is 1. The molecule has 8 nitrogen and oxygen atoms in total. The number of carbonyl (C=O) groups excluding carboxylic acids is 1. The van der Waals surface area contributed by atoms with Crippen LogP contribution < -0.4 is 5.32 Å². The Morgan fingerprint density at radius 2 is 1.88 bits per heavy atom. The van der Waals surface area contributed by atoms with E-state index in [2.05, 4.69) is 10.5 Å². The van der Waals surface area contributed by atoms with Crippen molar-refractivity contribution >= 4 is 28.3 Å². The van der Waals surface area contributed by atoms with Gasteiger partial charge in [-0.3, -0.25) is 4.79 Å². The van der Waals surface area contributed by atoms with Gasteiger partial charge in [0.05, 0.1) is 0 Å². The van der Waals surface area contributed by atoms with Crippen LogP contribution in [0.1, 0.15) is 31.2 Å². The van der Waals surface area contributed by atoms with E-state index in [-0.39, 0.29) is 35.2 Å². The zero-order chi connectivity index (χ0) is 18.2. The molecule has 1 amide bonds. The van der Waals surface area contributed by atoms with Gasteiger partial charge in [0.1, 0.15) is 10.6 Å². The van der Waals surface area contributed by atoms with E-state index in [1.807, 2.05) is 11.8 Å². The summed E-state index contributed by atoms with van der Waals surface area (Å²) in [7, 11) is -3.62. The van der Waals surface area contributed by atoms with Crippen molar-refractivity contribution in [1.29, 1.82) is 0 Å². The number of piperazine rings is 1. The highest BCUT2D eigenvalue weighted by Crippen LogP contribution is 2.28. The molecular formula is C16H27ClN4O4S. The number of aromatic nitrogens is 1. The Morgan fingerprint density at radius 3 is 2.42 bits per heavy atom. The Balaban J connectivity index is 0.00000243. The lowest BCUT2D eigenvalue weighted by molar-refractivity contribution is -0.139.